The zero-order valence-corrected chi connectivity index (χ0v) is 14.7. The van der Waals surface area contributed by atoms with Crippen LogP contribution in [0, 0.1) is 0 Å². The summed E-state index contributed by atoms with van der Waals surface area (Å²) in [6.07, 6.45) is 2.12. The highest BCUT2D eigenvalue weighted by Gasteiger charge is 2.23. The first-order valence-corrected chi connectivity index (χ1v) is 9.75. The highest BCUT2D eigenvalue weighted by molar-refractivity contribution is 7.91. The number of benzene rings is 1. The number of nitrogens with zero attached hydrogens (tertiary/aromatic N) is 1. The maximum atomic E-state index is 12.6. The third-order valence-electron chi connectivity index (χ3n) is 4.14. The first-order chi connectivity index (χ1) is 10.9. The van der Waals surface area contributed by atoms with Gasteiger partial charge in [-0.05, 0) is 25.5 Å². The second-order valence-electron chi connectivity index (χ2n) is 5.76. The van der Waals surface area contributed by atoms with Crippen molar-refractivity contribution in [3.05, 3.63) is 36.0 Å². The summed E-state index contributed by atoms with van der Waals surface area (Å²) >= 11 is 0. The maximum Gasteiger partial charge on any atom is 0.227 e. The van der Waals surface area contributed by atoms with Gasteiger partial charge in [0.15, 0.2) is 9.84 Å². The number of hydrogen-bond donors (Lipinski definition) is 1. The monoisotopic (exact) mass is 336 g/mol. The van der Waals surface area contributed by atoms with E-state index in [1.54, 1.807) is 18.7 Å². The lowest BCUT2D eigenvalue weighted by atomic mass is 10.1. The van der Waals surface area contributed by atoms with Crippen molar-refractivity contribution in [1.82, 2.24) is 9.88 Å². The van der Waals surface area contributed by atoms with Gasteiger partial charge in [-0.3, -0.25) is 4.79 Å². The minimum absolute atomic E-state index is 0.0109. The van der Waals surface area contributed by atoms with Crippen molar-refractivity contribution < 1.29 is 13.2 Å². The fourth-order valence-electron chi connectivity index (χ4n) is 2.85. The molecule has 0 saturated carbocycles. The van der Waals surface area contributed by atoms with Crippen molar-refractivity contribution in [2.75, 3.05) is 18.1 Å². The molecule has 0 aliphatic rings. The molecule has 5 nitrogen and oxygen atoms in total. The van der Waals surface area contributed by atoms with Crippen molar-refractivity contribution in [2.45, 2.75) is 33.2 Å². The van der Waals surface area contributed by atoms with Gasteiger partial charge in [0.1, 0.15) is 0 Å². The highest BCUT2D eigenvalue weighted by atomic mass is 32.2. The molecule has 0 fully saturated rings. The van der Waals surface area contributed by atoms with E-state index in [2.05, 4.69) is 4.98 Å². The minimum atomic E-state index is -3.10. The van der Waals surface area contributed by atoms with Crippen LogP contribution >= 0.6 is 0 Å². The number of carbonyl (C=O) groups excluding carboxylic acids is 1. The molecule has 0 radical (unpaired) electrons. The normalized spacial score (nSPS) is 13.2. The largest absolute Gasteiger partial charge is 0.361 e. The molecule has 6 heteroatoms. The highest BCUT2D eigenvalue weighted by Crippen LogP contribution is 2.19. The number of carbonyl (C=O) groups is 1. The zero-order valence-electron chi connectivity index (χ0n) is 13.9. The summed E-state index contributed by atoms with van der Waals surface area (Å²) in [7, 11) is -3.10. The number of para-hydroxylation sites is 1. The molecule has 2 aromatic rings. The number of H-pyrrole nitrogens is 1. The molecule has 0 unspecified atom stereocenters. The molecular formula is C17H24N2O3S. The molecule has 0 saturated heterocycles. The van der Waals surface area contributed by atoms with Crippen molar-refractivity contribution in [3.8, 4) is 0 Å². The number of likely N-dealkylation sites (N-methyl/N-ethyl adjacent to an activating group) is 1. The van der Waals surface area contributed by atoms with E-state index in [-0.39, 0.29) is 29.9 Å². The standard InChI is InChI=1S/C17H24N2O3S/c1-4-19(13(3)12-23(21,22)5-2)17(20)10-14-11-18-16-9-7-6-8-15(14)16/h6-9,11,13,18H,4-5,10,12H2,1-3H3/t13-/m1/s1. The van der Waals surface area contributed by atoms with Gasteiger partial charge in [0.25, 0.3) is 0 Å². The molecule has 1 atom stereocenters. The van der Waals surface area contributed by atoms with Gasteiger partial charge in [0.2, 0.25) is 5.91 Å². The molecule has 1 heterocycles. The van der Waals surface area contributed by atoms with E-state index in [0.29, 0.717) is 6.54 Å². The Labute approximate surface area is 137 Å². The van der Waals surface area contributed by atoms with Crippen LogP contribution in [0.2, 0.25) is 0 Å². The Hall–Kier alpha value is -1.82. The smallest absolute Gasteiger partial charge is 0.227 e. The molecule has 1 N–H and O–H groups in total. The summed E-state index contributed by atoms with van der Waals surface area (Å²) in [6.45, 7) is 5.81. The Morgan fingerprint density at radius 3 is 2.61 bits per heavy atom. The maximum absolute atomic E-state index is 12.6. The number of amides is 1. The first-order valence-electron chi connectivity index (χ1n) is 7.92. The summed E-state index contributed by atoms with van der Waals surface area (Å²) in [6, 6.07) is 7.52. The van der Waals surface area contributed by atoms with Crippen LogP contribution in [-0.4, -0.2) is 48.3 Å². The number of rotatable bonds is 7. The lowest BCUT2D eigenvalue weighted by Crippen LogP contribution is -2.43. The molecule has 0 spiro atoms. The third kappa shape index (κ3) is 4.13. The van der Waals surface area contributed by atoms with Crippen LogP contribution in [-0.2, 0) is 21.1 Å². The average Bonchev–Trinajstić information content (AvgIpc) is 2.91. The van der Waals surface area contributed by atoms with Crippen LogP contribution in [0.3, 0.4) is 0 Å². The topological polar surface area (TPSA) is 70.2 Å². The number of nitrogens with one attached hydrogen (secondary N) is 1. The Bertz CT molecular complexity index is 780. The van der Waals surface area contributed by atoms with Gasteiger partial charge in [-0.2, -0.15) is 0 Å². The van der Waals surface area contributed by atoms with Crippen molar-refractivity contribution in [1.29, 1.82) is 0 Å². The molecule has 23 heavy (non-hydrogen) atoms. The lowest BCUT2D eigenvalue weighted by molar-refractivity contribution is -0.131. The van der Waals surface area contributed by atoms with Gasteiger partial charge < -0.3 is 9.88 Å². The SMILES string of the molecule is CCN(C(=O)Cc1c[nH]c2ccccc12)[C@H](C)CS(=O)(=O)CC. The van der Waals surface area contributed by atoms with Gasteiger partial charge in [0, 0.05) is 35.4 Å². The van der Waals surface area contributed by atoms with Crippen LogP contribution in [0.25, 0.3) is 10.9 Å². The Morgan fingerprint density at radius 1 is 1.26 bits per heavy atom. The molecule has 0 aliphatic carbocycles. The number of hydrogen-bond acceptors (Lipinski definition) is 3. The third-order valence-corrected chi connectivity index (χ3v) is 6.01. The molecule has 2 rings (SSSR count). The van der Waals surface area contributed by atoms with Crippen LogP contribution in [0.15, 0.2) is 30.5 Å². The van der Waals surface area contributed by atoms with Crippen molar-refractivity contribution in [3.63, 3.8) is 0 Å². The van der Waals surface area contributed by atoms with E-state index in [0.717, 1.165) is 16.5 Å². The Morgan fingerprint density at radius 2 is 1.96 bits per heavy atom. The van der Waals surface area contributed by atoms with E-state index >= 15 is 0 Å². The number of sulfone groups is 1. The molecule has 1 aromatic heterocycles. The number of aromatic amines is 1. The van der Waals surface area contributed by atoms with Gasteiger partial charge in [-0.25, -0.2) is 8.42 Å². The van der Waals surface area contributed by atoms with Crippen LogP contribution in [0.5, 0.6) is 0 Å². The van der Waals surface area contributed by atoms with Gasteiger partial charge in [0.05, 0.1) is 12.2 Å². The number of fused-ring (bicyclic) bond motifs is 1. The van der Waals surface area contributed by atoms with E-state index in [4.69, 9.17) is 0 Å². The zero-order chi connectivity index (χ0) is 17.0. The second-order valence-corrected chi connectivity index (χ2v) is 8.16. The summed E-state index contributed by atoms with van der Waals surface area (Å²) in [5, 5.41) is 1.03. The van der Waals surface area contributed by atoms with Crippen LogP contribution in [0.1, 0.15) is 26.3 Å². The molecule has 1 amide bonds. The van der Waals surface area contributed by atoms with Gasteiger partial charge in [-0.1, -0.05) is 25.1 Å². The van der Waals surface area contributed by atoms with Crippen molar-refractivity contribution >= 4 is 26.6 Å². The Kier molecular flexibility index (Phi) is 5.46. The molecule has 126 valence electrons. The predicted molar refractivity (Wildman–Crippen MR) is 93.2 cm³/mol. The second kappa shape index (κ2) is 7.17. The molecule has 1 aromatic carbocycles. The van der Waals surface area contributed by atoms with E-state index in [1.165, 1.54) is 0 Å². The minimum Gasteiger partial charge on any atom is -0.361 e. The molecule has 0 bridgehead atoms. The summed E-state index contributed by atoms with van der Waals surface area (Å²) in [4.78, 5) is 17.4. The quantitative estimate of drug-likeness (QED) is 0.844. The van der Waals surface area contributed by atoms with Gasteiger partial charge >= 0.3 is 0 Å². The Balaban J connectivity index is 2.14. The van der Waals surface area contributed by atoms with Crippen molar-refractivity contribution in [2.24, 2.45) is 0 Å². The summed E-state index contributed by atoms with van der Waals surface area (Å²) < 4.78 is 23.6. The number of aromatic nitrogens is 1. The first kappa shape index (κ1) is 17.5. The van der Waals surface area contributed by atoms with E-state index in [9.17, 15) is 13.2 Å². The fourth-order valence-corrected chi connectivity index (χ4v) is 4.00. The summed E-state index contributed by atoms with van der Waals surface area (Å²) in [5.74, 6) is 0.0683. The molecular weight excluding hydrogens is 312 g/mol. The van der Waals surface area contributed by atoms with E-state index in [1.807, 2.05) is 37.4 Å². The predicted octanol–water partition coefficient (Wildman–Crippen LogP) is 2.38. The molecule has 0 aliphatic heterocycles. The van der Waals surface area contributed by atoms with E-state index < -0.39 is 9.84 Å². The lowest BCUT2D eigenvalue weighted by Gasteiger charge is -2.28. The van der Waals surface area contributed by atoms with Gasteiger partial charge in [-0.15, -0.1) is 0 Å². The average molecular weight is 336 g/mol. The van der Waals surface area contributed by atoms with Crippen LogP contribution < -0.4 is 0 Å². The summed E-state index contributed by atoms with van der Waals surface area (Å²) in [5.41, 5.74) is 1.94. The van der Waals surface area contributed by atoms with Crippen LogP contribution in [0.4, 0.5) is 0 Å². The fraction of sp³-hybridized carbons (Fsp3) is 0.471.